The number of benzene rings is 1. The minimum atomic E-state index is -0.00893. The van der Waals surface area contributed by atoms with E-state index in [1.807, 2.05) is 29.2 Å². The molecule has 2 aliphatic rings. The van der Waals surface area contributed by atoms with Crippen molar-refractivity contribution >= 4 is 11.8 Å². The summed E-state index contributed by atoms with van der Waals surface area (Å²) in [5, 5.41) is 9.21. The number of rotatable bonds is 6. The lowest BCUT2D eigenvalue weighted by molar-refractivity contribution is -0.143. The van der Waals surface area contributed by atoms with Gasteiger partial charge in [0.1, 0.15) is 5.75 Å². The van der Waals surface area contributed by atoms with Gasteiger partial charge in [0.15, 0.2) is 0 Å². The maximum absolute atomic E-state index is 12.8. The summed E-state index contributed by atoms with van der Waals surface area (Å²) in [6, 6.07) is 7.85. The van der Waals surface area contributed by atoms with Crippen molar-refractivity contribution in [1.82, 2.24) is 9.80 Å². The van der Waals surface area contributed by atoms with Crippen LogP contribution in [-0.2, 0) is 16.0 Å². The first kappa shape index (κ1) is 19.7. The van der Waals surface area contributed by atoms with Gasteiger partial charge in [0.05, 0.1) is 13.7 Å². The zero-order valence-electron chi connectivity index (χ0n) is 16.2. The summed E-state index contributed by atoms with van der Waals surface area (Å²) in [5.74, 6) is 1.12. The molecule has 1 aromatic carbocycles. The van der Waals surface area contributed by atoms with E-state index in [9.17, 15) is 14.7 Å². The molecule has 27 heavy (non-hydrogen) atoms. The van der Waals surface area contributed by atoms with Crippen LogP contribution in [0.4, 0.5) is 0 Å². The number of hydrogen-bond donors (Lipinski definition) is 1. The second-order valence-electron chi connectivity index (χ2n) is 7.81. The van der Waals surface area contributed by atoms with Crippen molar-refractivity contribution < 1.29 is 19.4 Å². The summed E-state index contributed by atoms with van der Waals surface area (Å²) < 4.78 is 5.25. The van der Waals surface area contributed by atoms with Crippen LogP contribution in [0.1, 0.15) is 37.7 Å². The summed E-state index contributed by atoms with van der Waals surface area (Å²) >= 11 is 0. The average Bonchev–Trinajstić information content (AvgIpc) is 2.69. The van der Waals surface area contributed by atoms with Gasteiger partial charge in [0, 0.05) is 44.4 Å². The van der Waals surface area contributed by atoms with Crippen LogP contribution in [-0.4, -0.2) is 66.6 Å². The lowest BCUT2D eigenvalue weighted by atomic mass is 9.73. The highest BCUT2D eigenvalue weighted by atomic mass is 16.5. The molecule has 2 fully saturated rings. The third kappa shape index (κ3) is 4.80. The van der Waals surface area contributed by atoms with E-state index < -0.39 is 0 Å². The zero-order valence-corrected chi connectivity index (χ0v) is 16.2. The Labute approximate surface area is 161 Å². The van der Waals surface area contributed by atoms with Crippen molar-refractivity contribution in [2.24, 2.45) is 5.41 Å². The second kappa shape index (κ2) is 8.74. The Morgan fingerprint density at radius 1 is 1.30 bits per heavy atom. The first-order chi connectivity index (χ1) is 13.0. The van der Waals surface area contributed by atoms with Crippen molar-refractivity contribution in [1.29, 1.82) is 0 Å². The van der Waals surface area contributed by atoms with Crippen LogP contribution in [0.3, 0.4) is 0 Å². The monoisotopic (exact) mass is 374 g/mol. The van der Waals surface area contributed by atoms with E-state index in [-0.39, 0.29) is 23.8 Å². The fourth-order valence-electron chi connectivity index (χ4n) is 4.42. The Kier molecular flexibility index (Phi) is 6.37. The van der Waals surface area contributed by atoms with Crippen molar-refractivity contribution in [3.05, 3.63) is 29.8 Å². The molecule has 0 aromatic heterocycles. The molecule has 3 rings (SSSR count). The van der Waals surface area contributed by atoms with Crippen molar-refractivity contribution in [2.75, 3.05) is 39.9 Å². The fourth-order valence-corrected chi connectivity index (χ4v) is 4.42. The molecular weight excluding hydrogens is 344 g/mol. The number of aliphatic hydroxyl groups excluding tert-OH is 1. The third-order valence-electron chi connectivity index (χ3n) is 5.89. The number of ether oxygens (including phenoxy) is 1. The summed E-state index contributed by atoms with van der Waals surface area (Å²) in [7, 11) is 1.65. The Bertz CT molecular complexity index is 678. The van der Waals surface area contributed by atoms with Gasteiger partial charge in [-0.25, -0.2) is 0 Å². The van der Waals surface area contributed by atoms with E-state index in [1.165, 1.54) is 0 Å². The number of amides is 2. The minimum Gasteiger partial charge on any atom is -0.497 e. The highest BCUT2D eigenvalue weighted by Gasteiger charge is 2.42. The molecule has 6 heteroatoms. The van der Waals surface area contributed by atoms with Gasteiger partial charge in [0.2, 0.25) is 11.8 Å². The number of β-amino-alcohol motifs (C(OH)–C–C–N with tert-alkyl or cyclic N) is 1. The van der Waals surface area contributed by atoms with Crippen LogP contribution in [0.25, 0.3) is 0 Å². The predicted molar refractivity (Wildman–Crippen MR) is 102 cm³/mol. The van der Waals surface area contributed by atoms with Gasteiger partial charge in [-0.15, -0.1) is 0 Å². The van der Waals surface area contributed by atoms with Gasteiger partial charge in [-0.05, 0) is 43.4 Å². The topological polar surface area (TPSA) is 70.1 Å². The van der Waals surface area contributed by atoms with Crippen LogP contribution < -0.4 is 4.74 Å². The summed E-state index contributed by atoms with van der Waals surface area (Å²) in [6.07, 6.45) is 4.57. The molecule has 148 valence electrons. The normalized spacial score (nSPS) is 23.0. The number of nitrogens with zero attached hydrogens (tertiary/aromatic N) is 2. The maximum atomic E-state index is 12.8. The molecule has 0 bridgehead atoms. The standard InChI is InChI=1S/C21H30N2O4/c1-27-18-5-2-4-17(14-18)6-7-19(25)22-11-3-9-21(15-22)10-8-20(26)23(16-21)12-13-24/h2,4-5,14,24H,3,6-13,15-16H2,1H3/t21-/m0/s1. The molecule has 2 saturated heterocycles. The molecule has 1 atom stereocenters. The van der Waals surface area contributed by atoms with Gasteiger partial charge >= 0.3 is 0 Å². The maximum Gasteiger partial charge on any atom is 0.222 e. The quantitative estimate of drug-likeness (QED) is 0.825. The minimum absolute atomic E-state index is 0.00699. The van der Waals surface area contributed by atoms with Gasteiger partial charge in [-0.3, -0.25) is 9.59 Å². The first-order valence-corrected chi connectivity index (χ1v) is 9.85. The molecule has 1 spiro atoms. The highest BCUT2D eigenvalue weighted by molar-refractivity contribution is 5.78. The summed E-state index contributed by atoms with van der Waals surface area (Å²) in [6.45, 7) is 2.56. The number of methoxy groups -OCH3 is 1. The van der Waals surface area contributed by atoms with Crippen LogP contribution in [0.5, 0.6) is 5.75 Å². The SMILES string of the molecule is COc1cccc(CCC(=O)N2CCC[C@]3(CCC(=O)N(CCO)C3)C2)c1. The number of likely N-dealkylation sites (tertiary alicyclic amines) is 2. The molecule has 0 aliphatic carbocycles. The number of piperidine rings is 2. The van der Waals surface area contributed by atoms with E-state index in [0.29, 0.717) is 32.4 Å². The van der Waals surface area contributed by atoms with E-state index in [1.54, 1.807) is 12.0 Å². The summed E-state index contributed by atoms with van der Waals surface area (Å²) in [4.78, 5) is 28.6. The number of aliphatic hydroxyl groups is 1. The van der Waals surface area contributed by atoms with E-state index in [2.05, 4.69) is 0 Å². The largest absolute Gasteiger partial charge is 0.497 e. The smallest absolute Gasteiger partial charge is 0.222 e. The van der Waals surface area contributed by atoms with Crippen LogP contribution in [0, 0.1) is 5.41 Å². The van der Waals surface area contributed by atoms with Crippen molar-refractivity contribution in [3.63, 3.8) is 0 Å². The fraction of sp³-hybridized carbons (Fsp3) is 0.619. The Morgan fingerprint density at radius 3 is 2.93 bits per heavy atom. The molecule has 6 nitrogen and oxygen atoms in total. The lowest BCUT2D eigenvalue weighted by Gasteiger charge is -2.48. The van der Waals surface area contributed by atoms with Gasteiger partial charge < -0.3 is 19.6 Å². The van der Waals surface area contributed by atoms with Crippen LogP contribution >= 0.6 is 0 Å². The number of carbonyl (C=O) groups excluding carboxylic acids is 2. The molecule has 2 heterocycles. The molecule has 1 N–H and O–H groups in total. The van der Waals surface area contributed by atoms with E-state index in [4.69, 9.17) is 4.74 Å². The first-order valence-electron chi connectivity index (χ1n) is 9.85. The number of aryl methyl sites for hydroxylation is 1. The van der Waals surface area contributed by atoms with Gasteiger partial charge in [0.25, 0.3) is 0 Å². The van der Waals surface area contributed by atoms with Crippen LogP contribution in [0.15, 0.2) is 24.3 Å². The molecule has 0 saturated carbocycles. The predicted octanol–water partition coefficient (Wildman–Crippen LogP) is 1.85. The molecular formula is C21H30N2O4. The number of carbonyl (C=O) groups is 2. The van der Waals surface area contributed by atoms with Gasteiger partial charge in [-0.2, -0.15) is 0 Å². The van der Waals surface area contributed by atoms with Crippen LogP contribution in [0.2, 0.25) is 0 Å². The molecule has 0 unspecified atom stereocenters. The molecule has 0 radical (unpaired) electrons. The second-order valence-corrected chi connectivity index (χ2v) is 7.81. The summed E-state index contributed by atoms with van der Waals surface area (Å²) in [5.41, 5.74) is 1.10. The van der Waals surface area contributed by atoms with Gasteiger partial charge in [-0.1, -0.05) is 12.1 Å². The Balaban J connectivity index is 1.58. The van der Waals surface area contributed by atoms with E-state index in [0.717, 1.165) is 43.7 Å². The molecule has 2 aliphatic heterocycles. The number of hydrogen-bond acceptors (Lipinski definition) is 4. The third-order valence-corrected chi connectivity index (χ3v) is 5.89. The average molecular weight is 374 g/mol. The van der Waals surface area contributed by atoms with Crippen molar-refractivity contribution in [2.45, 2.75) is 38.5 Å². The Hall–Kier alpha value is -2.08. The van der Waals surface area contributed by atoms with Crippen molar-refractivity contribution in [3.8, 4) is 5.75 Å². The van der Waals surface area contributed by atoms with E-state index >= 15 is 0 Å². The highest BCUT2D eigenvalue weighted by Crippen LogP contribution is 2.39. The Morgan fingerprint density at radius 2 is 2.15 bits per heavy atom. The molecule has 2 amide bonds. The lowest BCUT2D eigenvalue weighted by Crippen LogP contribution is -2.55. The zero-order chi connectivity index (χ0) is 19.3. The molecule has 1 aromatic rings.